The van der Waals surface area contributed by atoms with Crippen molar-refractivity contribution in [1.82, 2.24) is 9.38 Å². The van der Waals surface area contributed by atoms with Crippen LogP contribution in [0.2, 0.25) is 0 Å². The molecule has 0 spiro atoms. The van der Waals surface area contributed by atoms with E-state index in [-0.39, 0.29) is 24.7 Å². The minimum atomic E-state index is -0.252. The molecule has 0 radical (unpaired) electrons. The Morgan fingerprint density at radius 1 is 1.00 bits per heavy atom. The molecule has 0 fully saturated rings. The summed E-state index contributed by atoms with van der Waals surface area (Å²) in [6, 6.07) is 19.7. The third-order valence-electron chi connectivity index (χ3n) is 4.85. The van der Waals surface area contributed by atoms with Crippen LogP contribution in [0, 0.1) is 13.8 Å². The second kappa shape index (κ2) is 9.34. The van der Waals surface area contributed by atoms with Crippen LogP contribution in [-0.4, -0.2) is 21.9 Å². The van der Waals surface area contributed by atoms with Crippen molar-refractivity contribution < 1.29 is 14.3 Å². The fourth-order valence-corrected chi connectivity index (χ4v) is 3.18. The van der Waals surface area contributed by atoms with E-state index in [1.165, 1.54) is 10.5 Å². The molecule has 2 aromatic carbocycles. The smallest absolute Gasteiger partial charge is 0.262 e. The third-order valence-corrected chi connectivity index (χ3v) is 4.85. The van der Waals surface area contributed by atoms with E-state index < -0.39 is 0 Å². The number of nitrogens with zero attached hydrogens (tertiary/aromatic N) is 2. The average Bonchev–Trinajstić information content (AvgIpc) is 2.78. The summed E-state index contributed by atoms with van der Waals surface area (Å²) >= 11 is 0. The number of aromatic nitrogens is 2. The van der Waals surface area contributed by atoms with Crippen molar-refractivity contribution in [3.05, 3.63) is 100 Å². The number of fused-ring (bicyclic) bond motifs is 1. The van der Waals surface area contributed by atoms with Crippen molar-refractivity contribution in [3.8, 4) is 11.5 Å². The fraction of sp³-hybridized carbons (Fsp3) is 0.160. The molecular formula is C25H23N3O4. The van der Waals surface area contributed by atoms with Gasteiger partial charge in [0.2, 0.25) is 0 Å². The van der Waals surface area contributed by atoms with Crippen molar-refractivity contribution >= 4 is 17.2 Å². The van der Waals surface area contributed by atoms with Crippen molar-refractivity contribution in [1.29, 1.82) is 0 Å². The summed E-state index contributed by atoms with van der Waals surface area (Å²) in [5.74, 6) is 1.03. The zero-order chi connectivity index (χ0) is 22.5. The van der Waals surface area contributed by atoms with E-state index in [9.17, 15) is 9.59 Å². The minimum Gasteiger partial charge on any atom is -0.487 e. The molecule has 1 amide bonds. The van der Waals surface area contributed by atoms with Gasteiger partial charge in [-0.3, -0.25) is 14.0 Å². The summed E-state index contributed by atoms with van der Waals surface area (Å²) < 4.78 is 12.8. The Labute approximate surface area is 185 Å². The Kier molecular flexibility index (Phi) is 6.17. The summed E-state index contributed by atoms with van der Waals surface area (Å²) in [4.78, 5) is 28.9. The van der Waals surface area contributed by atoms with Gasteiger partial charge in [0.05, 0.1) is 5.69 Å². The third kappa shape index (κ3) is 5.13. The lowest BCUT2D eigenvalue weighted by atomic mass is 10.2. The highest BCUT2D eigenvalue weighted by Crippen LogP contribution is 2.18. The number of amides is 1. The van der Waals surface area contributed by atoms with Gasteiger partial charge in [0.25, 0.3) is 11.5 Å². The van der Waals surface area contributed by atoms with Crippen LogP contribution in [0.3, 0.4) is 0 Å². The van der Waals surface area contributed by atoms with Crippen LogP contribution in [-0.2, 0) is 11.4 Å². The van der Waals surface area contributed by atoms with E-state index in [0.29, 0.717) is 28.5 Å². The molecule has 0 atom stereocenters. The molecule has 4 aromatic rings. The number of rotatable bonds is 7. The molecule has 0 saturated carbocycles. The summed E-state index contributed by atoms with van der Waals surface area (Å²) in [6.45, 7) is 3.96. The molecule has 32 heavy (non-hydrogen) atoms. The summed E-state index contributed by atoms with van der Waals surface area (Å²) in [7, 11) is 0. The van der Waals surface area contributed by atoms with E-state index in [2.05, 4.69) is 10.3 Å². The molecule has 2 aromatic heterocycles. The van der Waals surface area contributed by atoms with Gasteiger partial charge in [-0.15, -0.1) is 0 Å². The first-order valence-electron chi connectivity index (χ1n) is 10.2. The molecule has 2 heterocycles. The molecule has 0 bridgehead atoms. The van der Waals surface area contributed by atoms with Gasteiger partial charge in [-0.2, -0.15) is 0 Å². The van der Waals surface area contributed by atoms with Crippen molar-refractivity contribution in [2.75, 3.05) is 11.9 Å². The predicted molar refractivity (Wildman–Crippen MR) is 122 cm³/mol. The molecule has 0 saturated heterocycles. The van der Waals surface area contributed by atoms with Gasteiger partial charge in [0.15, 0.2) is 6.61 Å². The van der Waals surface area contributed by atoms with Gasteiger partial charge >= 0.3 is 0 Å². The topological polar surface area (TPSA) is 81.9 Å². The number of carbonyl (C=O) groups excluding carboxylic acids is 1. The number of carbonyl (C=O) groups is 1. The van der Waals surface area contributed by atoms with Crippen molar-refractivity contribution in [2.45, 2.75) is 20.5 Å². The summed E-state index contributed by atoms with van der Waals surface area (Å²) in [5, 5.41) is 2.79. The van der Waals surface area contributed by atoms with Crippen LogP contribution in [0.25, 0.3) is 5.65 Å². The highest BCUT2D eigenvalue weighted by Gasteiger charge is 2.07. The lowest BCUT2D eigenvalue weighted by Crippen LogP contribution is -2.20. The molecule has 0 aliphatic heterocycles. The normalized spacial score (nSPS) is 10.7. The van der Waals surface area contributed by atoms with E-state index in [1.807, 2.05) is 50.2 Å². The number of pyridine rings is 1. The lowest BCUT2D eigenvalue weighted by Gasteiger charge is -2.10. The Balaban J connectivity index is 1.33. The number of nitrogens with one attached hydrogen (secondary N) is 1. The molecular weight excluding hydrogens is 406 g/mol. The Bertz CT molecular complexity index is 1310. The van der Waals surface area contributed by atoms with Crippen LogP contribution in [0.5, 0.6) is 11.5 Å². The maximum absolute atomic E-state index is 12.2. The second-order valence-corrected chi connectivity index (χ2v) is 7.43. The Morgan fingerprint density at radius 3 is 2.56 bits per heavy atom. The molecule has 0 aliphatic carbocycles. The SMILES string of the molecule is Cc1ccn2c(=O)cc(COc3ccc(NC(=O)COc4ccccc4C)cc3)nc2c1. The quantitative estimate of drug-likeness (QED) is 0.482. The first-order chi connectivity index (χ1) is 15.5. The van der Waals surface area contributed by atoms with Crippen LogP contribution in [0.15, 0.2) is 77.7 Å². The van der Waals surface area contributed by atoms with E-state index in [1.54, 1.807) is 30.5 Å². The summed E-state index contributed by atoms with van der Waals surface area (Å²) in [6.07, 6.45) is 1.71. The van der Waals surface area contributed by atoms with Crippen molar-refractivity contribution in [2.24, 2.45) is 0 Å². The van der Waals surface area contributed by atoms with Gasteiger partial charge in [0.1, 0.15) is 23.8 Å². The minimum absolute atomic E-state index is 0.0776. The van der Waals surface area contributed by atoms with E-state index in [0.717, 1.165) is 11.1 Å². The molecule has 0 aliphatic rings. The second-order valence-electron chi connectivity index (χ2n) is 7.43. The first kappa shape index (κ1) is 21.1. The molecule has 1 N–H and O–H groups in total. The monoisotopic (exact) mass is 429 g/mol. The lowest BCUT2D eigenvalue weighted by molar-refractivity contribution is -0.118. The van der Waals surface area contributed by atoms with Crippen LogP contribution in [0.4, 0.5) is 5.69 Å². The average molecular weight is 429 g/mol. The number of ether oxygens (including phenoxy) is 2. The molecule has 162 valence electrons. The highest BCUT2D eigenvalue weighted by atomic mass is 16.5. The number of anilines is 1. The molecule has 7 heteroatoms. The molecule has 7 nitrogen and oxygen atoms in total. The molecule has 0 unspecified atom stereocenters. The maximum atomic E-state index is 12.2. The number of hydrogen-bond donors (Lipinski definition) is 1. The van der Waals surface area contributed by atoms with Gasteiger partial charge < -0.3 is 14.8 Å². The Morgan fingerprint density at radius 2 is 1.78 bits per heavy atom. The van der Waals surface area contributed by atoms with Gasteiger partial charge in [-0.1, -0.05) is 18.2 Å². The van der Waals surface area contributed by atoms with Crippen LogP contribution in [0.1, 0.15) is 16.8 Å². The molecule has 4 rings (SSSR count). The van der Waals surface area contributed by atoms with Gasteiger partial charge in [-0.05, 0) is 67.4 Å². The Hall–Kier alpha value is -4.13. The van der Waals surface area contributed by atoms with Crippen LogP contribution >= 0.6 is 0 Å². The fourth-order valence-electron chi connectivity index (χ4n) is 3.18. The zero-order valence-electron chi connectivity index (χ0n) is 17.9. The standard InChI is InChI=1S/C25H23N3O4/c1-17-11-12-28-23(13-17)26-20(14-25(28)30)15-31-21-9-7-19(8-10-21)27-24(29)16-32-22-6-4-3-5-18(22)2/h3-14H,15-16H2,1-2H3,(H,27,29). The largest absolute Gasteiger partial charge is 0.487 e. The highest BCUT2D eigenvalue weighted by molar-refractivity contribution is 5.91. The number of aryl methyl sites for hydroxylation is 2. The maximum Gasteiger partial charge on any atom is 0.262 e. The van der Waals surface area contributed by atoms with E-state index >= 15 is 0 Å². The van der Waals surface area contributed by atoms with Gasteiger partial charge in [0, 0.05) is 18.0 Å². The zero-order valence-corrected chi connectivity index (χ0v) is 17.9. The number of para-hydroxylation sites is 1. The first-order valence-corrected chi connectivity index (χ1v) is 10.2. The summed E-state index contributed by atoms with van der Waals surface area (Å²) in [5.41, 5.74) is 3.61. The number of benzene rings is 2. The van der Waals surface area contributed by atoms with Gasteiger partial charge in [-0.25, -0.2) is 4.98 Å². The van der Waals surface area contributed by atoms with Crippen LogP contribution < -0.4 is 20.3 Å². The van der Waals surface area contributed by atoms with Crippen molar-refractivity contribution in [3.63, 3.8) is 0 Å². The number of hydrogen-bond acceptors (Lipinski definition) is 5. The predicted octanol–water partition coefficient (Wildman–Crippen LogP) is 3.91. The van der Waals surface area contributed by atoms with E-state index in [4.69, 9.17) is 9.47 Å².